The van der Waals surface area contributed by atoms with E-state index in [0.717, 1.165) is 0 Å². The molecule has 0 heterocycles. The molecular weight excluding hydrogens is 346 g/mol. The quantitative estimate of drug-likeness (QED) is 0.539. The van der Waals surface area contributed by atoms with Crippen LogP contribution in [0.5, 0.6) is 11.5 Å². The summed E-state index contributed by atoms with van der Waals surface area (Å²) in [4.78, 5) is 12.3. The Morgan fingerprint density at radius 1 is 1.19 bits per heavy atom. The van der Waals surface area contributed by atoms with Gasteiger partial charge in [0.15, 0.2) is 0 Å². The first-order valence-corrected chi connectivity index (χ1v) is 6.82. The summed E-state index contributed by atoms with van der Waals surface area (Å²) < 4.78 is 10.8. The van der Waals surface area contributed by atoms with Crippen molar-refractivity contribution in [3.63, 3.8) is 0 Å². The molecule has 0 fully saturated rings. The number of carbonyl (C=O) groups excluding carboxylic acids is 1. The van der Waals surface area contributed by atoms with Crippen LogP contribution in [0.25, 0.3) is 0 Å². The van der Waals surface area contributed by atoms with Gasteiger partial charge in [0.2, 0.25) is 0 Å². The molecule has 1 amide bonds. The van der Waals surface area contributed by atoms with Crippen LogP contribution in [0.4, 0.5) is 0 Å². The third kappa shape index (κ3) is 3.85. The summed E-state index contributed by atoms with van der Waals surface area (Å²) in [6.45, 7) is -1.84. The predicted octanol–water partition coefficient (Wildman–Crippen LogP) is -0.0882. The number of hydrogen-bond donors (Lipinski definition) is 4. The molecule has 1 aromatic rings. The van der Waals surface area contributed by atoms with Gasteiger partial charge in [0.05, 0.1) is 44.1 Å². The van der Waals surface area contributed by atoms with E-state index in [-0.39, 0.29) is 11.3 Å². The fourth-order valence-electron chi connectivity index (χ4n) is 1.64. The van der Waals surface area contributed by atoms with Gasteiger partial charge in [-0.25, -0.2) is 0 Å². The molecule has 0 aliphatic heterocycles. The third-order valence-corrected chi connectivity index (χ3v) is 3.58. The zero-order valence-electron chi connectivity index (χ0n) is 11.7. The van der Waals surface area contributed by atoms with Gasteiger partial charge >= 0.3 is 0 Å². The van der Waals surface area contributed by atoms with Gasteiger partial charge in [0.25, 0.3) is 5.91 Å². The largest absolute Gasteiger partial charge is 0.497 e. The highest BCUT2D eigenvalue weighted by atomic mass is 79.9. The van der Waals surface area contributed by atoms with Gasteiger partial charge in [-0.2, -0.15) is 0 Å². The number of nitrogens with one attached hydrogen (secondary N) is 1. The second-order valence-electron chi connectivity index (χ2n) is 4.40. The van der Waals surface area contributed by atoms with Crippen LogP contribution in [-0.4, -0.2) is 60.8 Å². The molecule has 1 rings (SSSR count). The lowest BCUT2D eigenvalue weighted by molar-refractivity contribution is 0.0374. The van der Waals surface area contributed by atoms with Crippen LogP contribution in [0.2, 0.25) is 0 Å². The van der Waals surface area contributed by atoms with E-state index in [1.807, 2.05) is 0 Å². The van der Waals surface area contributed by atoms with E-state index in [2.05, 4.69) is 21.2 Å². The molecule has 21 heavy (non-hydrogen) atoms. The summed E-state index contributed by atoms with van der Waals surface area (Å²) in [6.07, 6.45) is 0. The van der Waals surface area contributed by atoms with Crippen LogP contribution in [0, 0.1) is 0 Å². The number of rotatable bonds is 7. The van der Waals surface area contributed by atoms with Gasteiger partial charge in [-0.1, -0.05) is 0 Å². The molecule has 118 valence electrons. The highest BCUT2D eigenvalue weighted by Crippen LogP contribution is 2.33. The second-order valence-corrected chi connectivity index (χ2v) is 5.25. The summed E-state index contributed by atoms with van der Waals surface area (Å²) in [5.74, 6) is 0.0787. The van der Waals surface area contributed by atoms with Gasteiger partial charge in [-0.3, -0.25) is 4.79 Å². The molecule has 1 aromatic carbocycles. The third-order valence-electron chi connectivity index (χ3n) is 2.99. The molecule has 0 radical (unpaired) electrons. The first kappa shape index (κ1) is 17.7. The Hall–Kier alpha value is -1.35. The summed E-state index contributed by atoms with van der Waals surface area (Å²) in [7, 11) is 2.86. The number of halogens is 1. The van der Waals surface area contributed by atoms with E-state index in [1.54, 1.807) is 6.07 Å². The van der Waals surface area contributed by atoms with Crippen LogP contribution in [0.15, 0.2) is 16.6 Å². The summed E-state index contributed by atoms with van der Waals surface area (Å²) in [5.41, 5.74) is -1.37. The van der Waals surface area contributed by atoms with Crippen molar-refractivity contribution in [2.75, 3.05) is 34.0 Å². The number of ether oxygens (including phenoxy) is 2. The lowest BCUT2D eigenvalue weighted by Crippen LogP contribution is -2.57. The number of carbonyl (C=O) groups is 1. The SMILES string of the molecule is COc1cc(Br)c(OC)c(C(=O)NC(CO)(CO)CO)c1. The van der Waals surface area contributed by atoms with Gasteiger partial charge in [-0.05, 0) is 28.1 Å². The molecule has 0 atom stereocenters. The zero-order valence-corrected chi connectivity index (χ0v) is 13.3. The first-order chi connectivity index (χ1) is 9.96. The number of aliphatic hydroxyl groups is 3. The monoisotopic (exact) mass is 363 g/mol. The van der Waals surface area contributed by atoms with Crippen molar-refractivity contribution in [1.82, 2.24) is 5.32 Å². The maximum atomic E-state index is 12.3. The Bertz CT molecular complexity index is 495. The molecule has 0 bridgehead atoms. The van der Waals surface area contributed by atoms with Crippen molar-refractivity contribution in [3.8, 4) is 11.5 Å². The maximum Gasteiger partial charge on any atom is 0.255 e. The molecule has 0 aromatic heterocycles. The Morgan fingerprint density at radius 2 is 1.76 bits per heavy atom. The normalized spacial score (nSPS) is 11.1. The lowest BCUT2D eigenvalue weighted by atomic mass is 10.0. The summed E-state index contributed by atoms with van der Waals surface area (Å²) >= 11 is 3.26. The van der Waals surface area contributed by atoms with Crippen LogP contribution in [0.3, 0.4) is 0 Å². The minimum absolute atomic E-state index is 0.142. The molecule has 0 saturated heterocycles. The molecule has 4 N–H and O–H groups in total. The van der Waals surface area contributed by atoms with Crippen molar-refractivity contribution >= 4 is 21.8 Å². The summed E-state index contributed by atoms with van der Waals surface area (Å²) in [5, 5.41) is 30.2. The highest BCUT2D eigenvalue weighted by molar-refractivity contribution is 9.10. The first-order valence-electron chi connectivity index (χ1n) is 6.03. The lowest BCUT2D eigenvalue weighted by Gasteiger charge is -2.29. The highest BCUT2D eigenvalue weighted by Gasteiger charge is 2.31. The molecule has 8 heteroatoms. The molecule has 0 aliphatic rings. The molecule has 0 spiro atoms. The average molecular weight is 364 g/mol. The summed E-state index contributed by atoms with van der Waals surface area (Å²) in [6, 6.07) is 3.09. The fraction of sp³-hybridized carbons (Fsp3) is 0.462. The van der Waals surface area contributed by atoms with Crippen LogP contribution >= 0.6 is 15.9 Å². The Kier molecular flexibility index (Phi) is 6.41. The average Bonchev–Trinajstić information content (AvgIpc) is 2.51. The Labute approximate surface area is 130 Å². The topological polar surface area (TPSA) is 108 Å². The van der Waals surface area contributed by atoms with E-state index in [1.165, 1.54) is 20.3 Å². The zero-order chi connectivity index (χ0) is 16.0. The van der Waals surface area contributed by atoms with Gasteiger partial charge in [-0.15, -0.1) is 0 Å². The van der Waals surface area contributed by atoms with Crippen LogP contribution in [-0.2, 0) is 0 Å². The van der Waals surface area contributed by atoms with Gasteiger partial charge < -0.3 is 30.1 Å². The maximum absolute atomic E-state index is 12.3. The second kappa shape index (κ2) is 7.60. The smallest absolute Gasteiger partial charge is 0.255 e. The van der Waals surface area contributed by atoms with Crippen molar-refractivity contribution < 1.29 is 29.6 Å². The van der Waals surface area contributed by atoms with E-state index >= 15 is 0 Å². The van der Waals surface area contributed by atoms with E-state index in [9.17, 15) is 20.1 Å². The predicted molar refractivity (Wildman–Crippen MR) is 78.7 cm³/mol. The van der Waals surface area contributed by atoms with Crippen LogP contribution in [0.1, 0.15) is 10.4 Å². The number of methoxy groups -OCH3 is 2. The van der Waals surface area contributed by atoms with Crippen molar-refractivity contribution in [2.24, 2.45) is 0 Å². The molecular formula is C13H18BrNO6. The van der Waals surface area contributed by atoms with E-state index < -0.39 is 31.3 Å². The van der Waals surface area contributed by atoms with Gasteiger partial charge in [0.1, 0.15) is 17.0 Å². The number of aliphatic hydroxyl groups excluding tert-OH is 3. The van der Waals surface area contributed by atoms with Gasteiger partial charge in [0, 0.05) is 0 Å². The van der Waals surface area contributed by atoms with Crippen molar-refractivity contribution in [3.05, 3.63) is 22.2 Å². The number of benzene rings is 1. The standard InChI is InChI=1S/C13H18BrNO6/c1-20-8-3-9(11(21-2)10(14)4-8)12(19)15-13(5-16,6-17)7-18/h3-4,16-18H,5-7H2,1-2H3,(H,15,19). The van der Waals surface area contributed by atoms with Crippen molar-refractivity contribution in [1.29, 1.82) is 0 Å². The Morgan fingerprint density at radius 3 is 2.19 bits per heavy atom. The van der Waals surface area contributed by atoms with E-state index in [0.29, 0.717) is 10.2 Å². The van der Waals surface area contributed by atoms with Crippen molar-refractivity contribution in [2.45, 2.75) is 5.54 Å². The Balaban J connectivity index is 3.20. The molecule has 0 unspecified atom stereocenters. The number of hydrogen-bond acceptors (Lipinski definition) is 6. The fourth-order valence-corrected chi connectivity index (χ4v) is 2.24. The molecule has 7 nitrogen and oxygen atoms in total. The van der Waals surface area contributed by atoms with Crippen LogP contribution < -0.4 is 14.8 Å². The molecule has 0 aliphatic carbocycles. The number of amides is 1. The van der Waals surface area contributed by atoms with E-state index in [4.69, 9.17) is 9.47 Å². The minimum Gasteiger partial charge on any atom is -0.497 e. The minimum atomic E-state index is -1.52. The molecule has 0 saturated carbocycles.